The van der Waals surface area contributed by atoms with Crippen molar-refractivity contribution in [3.8, 4) is 0 Å². The van der Waals surface area contributed by atoms with Crippen LogP contribution >= 0.6 is 11.6 Å². The number of aryl methyl sites for hydroxylation is 1. The van der Waals surface area contributed by atoms with Gasteiger partial charge in [0, 0.05) is 12.7 Å². The molecule has 1 N–H and O–H groups in total. The van der Waals surface area contributed by atoms with Crippen LogP contribution in [0.3, 0.4) is 0 Å². The van der Waals surface area contributed by atoms with Crippen LogP contribution in [0.15, 0.2) is 41.3 Å². The van der Waals surface area contributed by atoms with Crippen LogP contribution in [-0.2, 0) is 7.05 Å². The number of nitrogens with zero attached hydrogens (tertiary/aromatic N) is 2. The van der Waals surface area contributed by atoms with E-state index in [0.29, 0.717) is 5.69 Å². The number of para-hydroxylation sites is 1. The third-order valence-electron chi connectivity index (χ3n) is 2.13. The van der Waals surface area contributed by atoms with Gasteiger partial charge in [-0.3, -0.25) is 4.79 Å². The van der Waals surface area contributed by atoms with Crippen molar-refractivity contribution >= 4 is 23.0 Å². The van der Waals surface area contributed by atoms with Crippen LogP contribution in [0.2, 0.25) is 5.02 Å². The van der Waals surface area contributed by atoms with Gasteiger partial charge in [0.25, 0.3) is 5.56 Å². The number of anilines is 2. The Bertz CT molecular complexity index is 551. The minimum atomic E-state index is -0.317. The van der Waals surface area contributed by atoms with Crippen molar-refractivity contribution in [2.24, 2.45) is 7.05 Å². The highest BCUT2D eigenvalue weighted by atomic mass is 35.5. The van der Waals surface area contributed by atoms with Gasteiger partial charge < -0.3 is 5.32 Å². The molecule has 16 heavy (non-hydrogen) atoms. The topological polar surface area (TPSA) is 46.9 Å². The zero-order valence-electron chi connectivity index (χ0n) is 8.64. The molecule has 0 bridgehead atoms. The van der Waals surface area contributed by atoms with Crippen molar-refractivity contribution in [3.05, 3.63) is 51.9 Å². The molecule has 0 fully saturated rings. The molecule has 2 aromatic rings. The number of aromatic nitrogens is 2. The molecule has 2 rings (SSSR count). The molecule has 1 aromatic carbocycles. The average Bonchev–Trinajstić information content (AvgIpc) is 2.31. The number of benzene rings is 1. The van der Waals surface area contributed by atoms with Crippen LogP contribution in [-0.4, -0.2) is 9.78 Å². The molecular weight excluding hydrogens is 226 g/mol. The summed E-state index contributed by atoms with van der Waals surface area (Å²) < 4.78 is 1.19. The molecule has 0 amide bonds. The molecular formula is C11H10ClN3O. The molecule has 0 atom stereocenters. The molecule has 0 aliphatic carbocycles. The maximum Gasteiger partial charge on any atom is 0.287 e. The van der Waals surface area contributed by atoms with Gasteiger partial charge in [0.15, 0.2) is 0 Å². The van der Waals surface area contributed by atoms with Crippen LogP contribution in [0.25, 0.3) is 0 Å². The van der Waals surface area contributed by atoms with Crippen molar-refractivity contribution in [3.63, 3.8) is 0 Å². The highest BCUT2D eigenvalue weighted by molar-refractivity contribution is 6.33. The van der Waals surface area contributed by atoms with E-state index in [2.05, 4.69) is 10.4 Å². The number of rotatable bonds is 2. The van der Waals surface area contributed by atoms with E-state index < -0.39 is 0 Å². The van der Waals surface area contributed by atoms with Gasteiger partial charge in [-0.05, 0) is 12.1 Å². The van der Waals surface area contributed by atoms with Crippen molar-refractivity contribution in [2.45, 2.75) is 0 Å². The SMILES string of the molecule is Cn1ncc(Nc2ccccc2)c(Cl)c1=O. The van der Waals surface area contributed by atoms with Gasteiger partial charge >= 0.3 is 0 Å². The summed E-state index contributed by atoms with van der Waals surface area (Å²) in [5, 5.41) is 7.07. The van der Waals surface area contributed by atoms with Crippen molar-refractivity contribution in [2.75, 3.05) is 5.32 Å². The quantitative estimate of drug-likeness (QED) is 0.868. The third kappa shape index (κ3) is 2.06. The molecule has 1 heterocycles. The predicted octanol–water partition coefficient (Wildman–Crippen LogP) is 2.18. The molecule has 4 nitrogen and oxygen atoms in total. The Morgan fingerprint density at radius 3 is 2.69 bits per heavy atom. The fourth-order valence-corrected chi connectivity index (χ4v) is 1.49. The van der Waals surface area contributed by atoms with Crippen LogP contribution in [0.4, 0.5) is 11.4 Å². The number of nitrogens with one attached hydrogen (secondary N) is 1. The lowest BCUT2D eigenvalue weighted by atomic mass is 10.3. The Morgan fingerprint density at radius 1 is 1.31 bits per heavy atom. The Labute approximate surface area is 97.5 Å². The molecule has 0 saturated heterocycles. The van der Waals surface area contributed by atoms with Gasteiger partial charge in [-0.25, -0.2) is 4.68 Å². The van der Waals surface area contributed by atoms with Gasteiger partial charge in [-0.2, -0.15) is 5.10 Å². The molecule has 82 valence electrons. The highest BCUT2D eigenvalue weighted by Gasteiger charge is 2.06. The van der Waals surface area contributed by atoms with E-state index >= 15 is 0 Å². The first-order chi connectivity index (χ1) is 7.68. The first-order valence-electron chi connectivity index (χ1n) is 4.72. The van der Waals surface area contributed by atoms with E-state index in [0.717, 1.165) is 5.69 Å². The van der Waals surface area contributed by atoms with Crippen molar-refractivity contribution < 1.29 is 0 Å². The van der Waals surface area contributed by atoms with E-state index in [-0.39, 0.29) is 10.6 Å². The largest absolute Gasteiger partial charge is 0.353 e. The number of hydrogen-bond donors (Lipinski definition) is 1. The van der Waals surface area contributed by atoms with Gasteiger partial charge in [-0.1, -0.05) is 29.8 Å². The Kier molecular flexibility index (Phi) is 2.92. The number of halogens is 1. The van der Waals surface area contributed by atoms with E-state index in [1.807, 2.05) is 30.3 Å². The third-order valence-corrected chi connectivity index (χ3v) is 2.50. The summed E-state index contributed by atoms with van der Waals surface area (Å²) >= 11 is 5.91. The summed E-state index contributed by atoms with van der Waals surface area (Å²) in [6.07, 6.45) is 1.52. The van der Waals surface area contributed by atoms with Crippen LogP contribution in [0.1, 0.15) is 0 Å². The fourth-order valence-electron chi connectivity index (χ4n) is 1.27. The molecule has 5 heteroatoms. The zero-order chi connectivity index (χ0) is 11.5. The van der Waals surface area contributed by atoms with Gasteiger partial charge in [0.05, 0.1) is 11.9 Å². The second-order valence-corrected chi connectivity index (χ2v) is 3.67. The first kappa shape index (κ1) is 10.7. The lowest BCUT2D eigenvalue weighted by Gasteiger charge is -2.07. The second kappa shape index (κ2) is 4.37. The lowest BCUT2D eigenvalue weighted by molar-refractivity contribution is 0.709. The molecule has 0 unspecified atom stereocenters. The molecule has 0 radical (unpaired) electrons. The highest BCUT2D eigenvalue weighted by Crippen LogP contribution is 2.20. The molecule has 0 aliphatic heterocycles. The fraction of sp³-hybridized carbons (Fsp3) is 0.0909. The average molecular weight is 236 g/mol. The zero-order valence-corrected chi connectivity index (χ0v) is 9.40. The predicted molar refractivity (Wildman–Crippen MR) is 64.2 cm³/mol. The minimum Gasteiger partial charge on any atom is -0.353 e. The van der Waals surface area contributed by atoms with E-state index in [1.54, 1.807) is 7.05 Å². The second-order valence-electron chi connectivity index (χ2n) is 3.29. The van der Waals surface area contributed by atoms with Gasteiger partial charge in [-0.15, -0.1) is 0 Å². The minimum absolute atomic E-state index is 0.140. The van der Waals surface area contributed by atoms with Gasteiger partial charge in [0.1, 0.15) is 5.02 Å². The summed E-state index contributed by atoms with van der Waals surface area (Å²) in [7, 11) is 1.56. The van der Waals surface area contributed by atoms with E-state index in [4.69, 9.17) is 11.6 Å². The normalized spacial score (nSPS) is 10.1. The van der Waals surface area contributed by atoms with Gasteiger partial charge in [0.2, 0.25) is 0 Å². The van der Waals surface area contributed by atoms with Crippen LogP contribution < -0.4 is 10.9 Å². The van der Waals surface area contributed by atoms with Crippen molar-refractivity contribution in [1.29, 1.82) is 0 Å². The molecule has 0 spiro atoms. The van der Waals surface area contributed by atoms with E-state index in [9.17, 15) is 4.79 Å². The lowest BCUT2D eigenvalue weighted by Crippen LogP contribution is -2.20. The maximum absolute atomic E-state index is 11.5. The first-order valence-corrected chi connectivity index (χ1v) is 5.10. The summed E-state index contributed by atoms with van der Waals surface area (Å²) in [5.74, 6) is 0. The van der Waals surface area contributed by atoms with E-state index in [1.165, 1.54) is 10.9 Å². The molecule has 0 aliphatic rings. The summed E-state index contributed by atoms with van der Waals surface area (Å²) in [6, 6.07) is 9.46. The van der Waals surface area contributed by atoms with Crippen molar-refractivity contribution in [1.82, 2.24) is 9.78 Å². The van der Waals surface area contributed by atoms with Crippen LogP contribution in [0.5, 0.6) is 0 Å². The standard InChI is InChI=1S/C11H10ClN3O/c1-15-11(16)10(12)9(7-13-15)14-8-5-3-2-4-6-8/h2-7,14H,1H3. The Hall–Kier alpha value is -1.81. The summed E-state index contributed by atoms with van der Waals surface area (Å²) in [6.45, 7) is 0. The Balaban J connectivity index is 2.37. The van der Waals surface area contributed by atoms with Crippen LogP contribution in [0, 0.1) is 0 Å². The molecule has 0 saturated carbocycles. The smallest absolute Gasteiger partial charge is 0.287 e. The summed E-state index contributed by atoms with van der Waals surface area (Å²) in [4.78, 5) is 11.5. The number of hydrogen-bond acceptors (Lipinski definition) is 3. The Morgan fingerprint density at radius 2 is 2.00 bits per heavy atom. The summed E-state index contributed by atoms with van der Waals surface area (Å²) in [5.41, 5.74) is 1.05. The molecule has 1 aromatic heterocycles. The maximum atomic E-state index is 11.5. The monoisotopic (exact) mass is 235 g/mol.